The summed E-state index contributed by atoms with van der Waals surface area (Å²) in [7, 11) is 3.81. The summed E-state index contributed by atoms with van der Waals surface area (Å²) >= 11 is 1.67. The molecule has 0 saturated carbocycles. The molecule has 1 heterocycles. The second-order valence-corrected chi connectivity index (χ2v) is 5.11. The standard InChI is InChI=1S/C13H19NO2S/c1-11(10-16-3)14(2)9-13-7-6-12(17-13)5-4-8-15/h6-7,11,15H,8-10H2,1-3H3. The van der Waals surface area contributed by atoms with Gasteiger partial charge in [0.25, 0.3) is 0 Å². The van der Waals surface area contributed by atoms with E-state index in [1.807, 2.05) is 6.07 Å². The Kier molecular flexibility index (Phi) is 6.23. The molecule has 3 nitrogen and oxygen atoms in total. The molecule has 0 amide bonds. The molecule has 1 unspecified atom stereocenters. The fourth-order valence-electron chi connectivity index (χ4n) is 1.43. The van der Waals surface area contributed by atoms with Crippen LogP contribution in [0.1, 0.15) is 16.7 Å². The quantitative estimate of drug-likeness (QED) is 0.808. The van der Waals surface area contributed by atoms with Crippen LogP contribution in [-0.2, 0) is 11.3 Å². The van der Waals surface area contributed by atoms with Gasteiger partial charge in [0.1, 0.15) is 6.61 Å². The summed E-state index contributed by atoms with van der Waals surface area (Å²) in [4.78, 5) is 4.53. The third-order valence-corrected chi connectivity index (χ3v) is 3.50. The average molecular weight is 253 g/mol. The molecule has 0 aliphatic rings. The maximum absolute atomic E-state index is 8.62. The Labute approximate surface area is 107 Å². The average Bonchev–Trinajstić information content (AvgIpc) is 2.74. The molecule has 0 saturated heterocycles. The van der Waals surface area contributed by atoms with E-state index in [4.69, 9.17) is 9.84 Å². The van der Waals surface area contributed by atoms with Gasteiger partial charge in [-0.05, 0) is 26.1 Å². The minimum atomic E-state index is -0.0853. The van der Waals surface area contributed by atoms with Crippen LogP contribution in [0.15, 0.2) is 12.1 Å². The second-order valence-electron chi connectivity index (χ2n) is 3.95. The highest BCUT2D eigenvalue weighted by Crippen LogP contribution is 2.17. The van der Waals surface area contributed by atoms with Crippen LogP contribution in [0.2, 0.25) is 0 Å². The highest BCUT2D eigenvalue weighted by Gasteiger charge is 2.10. The Hall–Kier alpha value is -0.860. The molecule has 0 aliphatic carbocycles. The lowest BCUT2D eigenvalue weighted by Gasteiger charge is -2.23. The summed E-state index contributed by atoms with van der Waals surface area (Å²) in [6.45, 7) is 3.69. The zero-order valence-corrected chi connectivity index (χ0v) is 11.4. The molecule has 94 valence electrons. The highest BCUT2D eigenvalue weighted by molar-refractivity contribution is 7.12. The van der Waals surface area contributed by atoms with Crippen LogP contribution >= 0.6 is 11.3 Å². The third-order valence-electron chi connectivity index (χ3n) is 2.52. The van der Waals surface area contributed by atoms with Crippen LogP contribution in [-0.4, -0.2) is 43.4 Å². The van der Waals surface area contributed by atoms with E-state index >= 15 is 0 Å². The number of hydrogen-bond acceptors (Lipinski definition) is 4. The number of nitrogens with zero attached hydrogens (tertiary/aromatic N) is 1. The monoisotopic (exact) mass is 253 g/mol. The maximum atomic E-state index is 8.62. The van der Waals surface area contributed by atoms with Gasteiger partial charge in [0.05, 0.1) is 11.5 Å². The summed E-state index contributed by atoms with van der Waals surface area (Å²) < 4.78 is 5.13. The molecule has 1 atom stereocenters. The van der Waals surface area contributed by atoms with E-state index in [-0.39, 0.29) is 6.61 Å². The molecule has 0 radical (unpaired) electrons. The Morgan fingerprint density at radius 1 is 1.53 bits per heavy atom. The van der Waals surface area contributed by atoms with Crippen LogP contribution in [0.5, 0.6) is 0 Å². The lowest BCUT2D eigenvalue weighted by Crippen LogP contribution is -2.31. The normalized spacial score (nSPS) is 12.3. The molecular formula is C13H19NO2S. The Morgan fingerprint density at radius 3 is 2.94 bits per heavy atom. The number of methoxy groups -OCH3 is 1. The summed E-state index contributed by atoms with van der Waals surface area (Å²) in [6.07, 6.45) is 0. The van der Waals surface area contributed by atoms with Crippen molar-refractivity contribution in [1.29, 1.82) is 0 Å². The third kappa shape index (κ3) is 4.88. The van der Waals surface area contributed by atoms with Crippen LogP contribution < -0.4 is 0 Å². The molecule has 1 N–H and O–H groups in total. The van der Waals surface area contributed by atoms with E-state index in [2.05, 4.69) is 36.8 Å². The molecule has 0 bridgehead atoms. The van der Waals surface area contributed by atoms with Crippen molar-refractivity contribution in [2.75, 3.05) is 27.4 Å². The first-order chi connectivity index (χ1) is 8.17. The number of thiophene rings is 1. The Balaban J connectivity index is 2.54. The molecule has 1 rings (SSSR count). The van der Waals surface area contributed by atoms with Gasteiger partial charge in [-0.1, -0.05) is 11.8 Å². The lowest BCUT2D eigenvalue weighted by atomic mass is 10.3. The number of aliphatic hydroxyl groups is 1. The molecule has 1 aromatic rings. The molecule has 0 spiro atoms. The number of rotatable bonds is 5. The zero-order chi connectivity index (χ0) is 12.7. The Bertz CT molecular complexity index is 392. The van der Waals surface area contributed by atoms with Crippen molar-refractivity contribution in [2.45, 2.75) is 19.5 Å². The minimum absolute atomic E-state index is 0.0853. The maximum Gasteiger partial charge on any atom is 0.104 e. The van der Waals surface area contributed by atoms with Gasteiger partial charge in [-0.3, -0.25) is 4.90 Å². The Morgan fingerprint density at radius 2 is 2.29 bits per heavy atom. The minimum Gasteiger partial charge on any atom is -0.384 e. The van der Waals surface area contributed by atoms with Crippen LogP contribution in [0.25, 0.3) is 0 Å². The predicted molar refractivity (Wildman–Crippen MR) is 71.1 cm³/mol. The van der Waals surface area contributed by atoms with Crippen molar-refractivity contribution in [3.8, 4) is 11.8 Å². The van der Waals surface area contributed by atoms with Crippen molar-refractivity contribution < 1.29 is 9.84 Å². The van der Waals surface area contributed by atoms with Crippen molar-refractivity contribution in [3.63, 3.8) is 0 Å². The molecule has 17 heavy (non-hydrogen) atoms. The van der Waals surface area contributed by atoms with E-state index < -0.39 is 0 Å². The lowest BCUT2D eigenvalue weighted by molar-refractivity contribution is 0.112. The summed E-state index contributed by atoms with van der Waals surface area (Å²) in [5.74, 6) is 5.57. The van der Waals surface area contributed by atoms with Crippen molar-refractivity contribution >= 4 is 11.3 Å². The van der Waals surface area contributed by atoms with Gasteiger partial charge in [0.15, 0.2) is 0 Å². The fraction of sp³-hybridized carbons (Fsp3) is 0.538. The molecular weight excluding hydrogens is 234 g/mol. The van der Waals surface area contributed by atoms with Crippen molar-refractivity contribution in [2.24, 2.45) is 0 Å². The van der Waals surface area contributed by atoms with Crippen LogP contribution in [0.3, 0.4) is 0 Å². The number of ether oxygens (including phenoxy) is 1. The molecule has 1 aromatic heterocycles. The van der Waals surface area contributed by atoms with E-state index in [0.29, 0.717) is 6.04 Å². The van der Waals surface area contributed by atoms with Crippen LogP contribution in [0.4, 0.5) is 0 Å². The smallest absolute Gasteiger partial charge is 0.104 e. The molecule has 0 aliphatic heterocycles. The first-order valence-corrected chi connectivity index (χ1v) is 6.36. The molecule has 0 aromatic carbocycles. The largest absolute Gasteiger partial charge is 0.384 e. The van der Waals surface area contributed by atoms with Gasteiger partial charge in [0.2, 0.25) is 0 Å². The SMILES string of the molecule is COCC(C)N(C)Cc1ccc(C#CCO)s1. The van der Waals surface area contributed by atoms with E-state index in [0.717, 1.165) is 18.0 Å². The summed E-state index contributed by atoms with van der Waals surface area (Å²) in [5.41, 5.74) is 0. The van der Waals surface area contributed by atoms with E-state index in [1.165, 1.54) is 4.88 Å². The van der Waals surface area contributed by atoms with Gasteiger partial charge in [-0.25, -0.2) is 0 Å². The number of likely N-dealkylation sites (N-methyl/N-ethyl adjacent to an activating group) is 1. The first kappa shape index (κ1) is 14.2. The fourth-order valence-corrected chi connectivity index (χ4v) is 2.37. The van der Waals surface area contributed by atoms with Gasteiger partial charge >= 0.3 is 0 Å². The van der Waals surface area contributed by atoms with Gasteiger partial charge < -0.3 is 9.84 Å². The van der Waals surface area contributed by atoms with E-state index in [1.54, 1.807) is 18.4 Å². The molecule has 0 fully saturated rings. The van der Waals surface area contributed by atoms with Gasteiger partial charge in [-0.2, -0.15) is 0 Å². The van der Waals surface area contributed by atoms with Gasteiger partial charge in [0, 0.05) is 24.6 Å². The van der Waals surface area contributed by atoms with Crippen molar-refractivity contribution in [3.05, 3.63) is 21.9 Å². The summed E-state index contributed by atoms with van der Waals surface area (Å²) in [6, 6.07) is 4.48. The van der Waals surface area contributed by atoms with E-state index in [9.17, 15) is 0 Å². The summed E-state index contributed by atoms with van der Waals surface area (Å²) in [5, 5.41) is 8.62. The molecule has 4 heteroatoms. The number of aliphatic hydroxyl groups excluding tert-OH is 1. The van der Waals surface area contributed by atoms with Crippen LogP contribution in [0, 0.1) is 11.8 Å². The highest BCUT2D eigenvalue weighted by atomic mass is 32.1. The second kappa shape index (κ2) is 7.46. The van der Waals surface area contributed by atoms with Crippen molar-refractivity contribution in [1.82, 2.24) is 4.90 Å². The zero-order valence-electron chi connectivity index (χ0n) is 10.6. The van der Waals surface area contributed by atoms with Gasteiger partial charge in [-0.15, -0.1) is 11.3 Å². The topological polar surface area (TPSA) is 32.7 Å². The number of hydrogen-bond donors (Lipinski definition) is 1. The predicted octanol–water partition coefficient (Wildman–Crippen LogP) is 1.56. The first-order valence-electron chi connectivity index (χ1n) is 5.55.